The maximum Gasteiger partial charge on any atom is 0.314 e. The van der Waals surface area contributed by atoms with Gasteiger partial charge in [-0.2, -0.15) is 0 Å². The van der Waals surface area contributed by atoms with Gasteiger partial charge in [-0.15, -0.1) is 0 Å². The fraction of sp³-hybridized carbons (Fsp3) is 0.333. The summed E-state index contributed by atoms with van der Waals surface area (Å²) in [6.45, 7) is 0.493. The van der Waals surface area contributed by atoms with E-state index in [0.29, 0.717) is 29.4 Å². The van der Waals surface area contributed by atoms with Crippen molar-refractivity contribution in [1.82, 2.24) is 5.32 Å². The zero-order chi connectivity index (χ0) is 19.0. The molecular weight excluding hydrogens is 346 g/mol. The van der Waals surface area contributed by atoms with Crippen molar-refractivity contribution in [3.8, 4) is 28.4 Å². The zero-order valence-electron chi connectivity index (χ0n) is 15.3. The summed E-state index contributed by atoms with van der Waals surface area (Å²) in [5.41, 5.74) is 3.17. The lowest BCUT2D eigenvalue weighted by Crippen LogP contribution is -2.26. The molecule has 1 N–H and O–H groups in total. The maximum atomic E-state index is 12.5. The number of esters is 1. The molecule has 1 saturated carbocycles. The Kier molecular flexibility index (Phi) is 4.48. The van der Waals surface area contributed by atoms with Crippen LogP contribution in [0.4, 0.5) is 0 Å². The second kappa shape index (κ2) is 6.95. The number of hydrogen-bond donors (Lipinski definition) is 1. The molecule has 6 nitrogen and oxygen atoms in total. The van der Waals surface area contributed by atoms with Gasteiger partial charge < -0.3 is 19.5 Å². The molecule has 0 spiro atoms. The second-order valence-corrected chi connectivity index (χ2v) is 6.78. The number of rotatable bonds is 5. The molecule has 1 fully saturated rings. The summed E-state index contributed by atoms with van der Waals surface area (Å²) in [5.74, 6) is 0.863. The highest BCUT2D eigenvalue weighted by molar-refractivity contribution is 5.99. The van der Waals surface area contributed by atoms with Crippen LogP contribution in [0, 0.1) is 5.92 Å². The Morgan fingerprint density at radius 1 is 1.04 bits per heavy atom. The van der Waals surface area contributed by atoms with Gasteiger partial charge in [0.25, 0.3) is 5.91 Å². The molecular formula is C21H21NO5. The van der Waals surface area contributed by atoms with Crippen molar-refractivity contribution in [2.24, 2.45) is 5.92 Å². The molecule has 0 atom stereocenters. The van der Waals surface area contributed by atoms with Gasteiger partial charge in [0.05, 0.1) is 20.1 Å². The number of fused-ring (bicyclic) bond motifs is 1. The van der Waals surface area contributed by atoms with Crippen LogP contribution >= 0.6 is 0 Å². The third-order valence-electron chi connectivity index (χ3n) is 5.24. The van der Waals surface area contributed by atoms with Crippen LogP contribution < -0.4 is 19.5 Å². The Morgan fingerprint density at radius 3 is 2.48 bits per heavy atom. The average Bonchev–Trinajstić information content (AvgIpc) is 3.00. The number of hydrogen-bond acceptors (Lipinski definition) is 5. The van der Waals surface area contributed by atoms with E-state index in [1.54, 1.807) is 19.2 Å². The fourth-order valence-corrected chi connectivity index (χ4v) is 3.45. The molecule has 0 radical (unpaired) electrons. The first kappa shape index (κ1) is 17.4. The van der Waals surface area contributed by atoms with Gasteiger partial charge in [0, 0.05) is 17.7 Å². The van der Waals surface area contributed by atoms with E-state index in [2.05, 4.69) is 5.32 Å². The van der Waals surface area contributed by atoms with Gasteiger partial charge in [-0.1, -0.05) is 12.5 Å². The Hall–Kier alpha value is -3.02. The van der Waals surface area contributed by atoms with Crippen LogP contribution in [0.3, 0.4) is 0 Å². The molecule has 2 aromatic rings. The topological polar surface area (TPSA) is 73.9 Å². The number of nitrogens with one attached hydrogen (secondary N) is 1. The molecule has 1 aliphatic carbocycles. The van der Waals surface area contributed by atoms with Crippen molar-refractivity contribution in [2.75, 3.05) is 14.2 Å². The van der Waals surface area contributed by atoms with E-state index in [0.717, 1.165) is 36.0 Å². The van der Waals surface area contributed by atoms with Crippen LogP contribution in [-0.4, -0.2) is 26.1 Å². The Bertz CT molecular complexity index is 917. The van der Waals surface area contributed by atoms with Gasteiger partial charge in [-0.3, -0.25) is 9.59 Å². The lowest BCUT2D eigenvalue weighted by molar-refractivity contribution is -0.141. The fourth-order valence-electron chi connectivity index (χ4n) is 3.45. The summed E-state index contributed by atoms with van der Waals surface area (Å²) in [7, 11) is 3.06. The molecule has 1 heterocycles. The summed E-state index contributed by atoms with van der Waals surface area (Å²) in [6, 6.07) is 9.21. The predicted molar refractivity (Wildman–Crippen MR) is 99.1 cm³/mol. The highest BCUT2D eigenvalue weighted by Gasteiger charge is 2.30. The third-order valence-corrected chi connectivity index (χ3v) is 5.24. The molecule has 0 saturated heterocycles. The number of benzene rings is 2. The van der Waals surface area contributed by atoms with Crippen LogP contribution in [0.15, 0.2) is 30.3 Å². The number of amides is 1. The van der Waals surface area contributed by atoms with Gasteiger partial charge in [-0.25, -0.2) is 0 Å². The van der Waals surface area contributed by atoms with E-state index in [-0.39, 0.29) is 17.8 Å². The van der Waals surface area contributed by atoms with Gasteiger partial charge in [0.1, 0.15) is 0 Å². The minimum Gasteiger partial charge on any atom is -0.493 e. The SMILES string of the molecule is COc1ccc(-c2ccc3c(c2)CNC3=O)c(OC(=O)C2CCC2)c1OC. The largest absolute Gasteiger partial charge is 0.493 e. The second-order valence-electron chi connectivity index (χ2n) is 6.78. The highest BCUT2D eigenvalue weighted by Crippen LogP contribution is 2.45. The Morgan fingerprint density at radius 2 is 1.81 bits per heavy atom. The van der Waals surface area contributed by atoms with Crippen molar-refractivity contribution < 1.29 is 23.8 Å². The Balaban J connectivity index is 1.79. The van der Waals surface area contributed by atoms with E-state index in [1.807, 2.05) is 18.2 Å². The van der Waals surface area contributed by atoms with E-state index in [4.69, 9.17) is 14.2 Å². The van der Waals surface area contributed by atoms with Crippen molar-refractivity contribution in [3.05, 3.63) is 41.5 Å². The molecule has 1 aliphatic heterocycles. The Labute approximate surface area is 157 Å². The van der Waals surface area contributed by atoms with Gasteiger partial charge >= 0.3 is 5.97 Å². The summed E-state index contributed by atoms with van der Waals surface area (Å²) in [6.07, 6.45) is 2.76. The first-order valence-electron chi connectivity index (χ1n) is 9.00. The minimum atomic E-state index is -0.243. The lowest BCUT2D eigenvalue weighted by atomic mass is 9.85. The summed E-state index contributed by atoms with van der Waals surface area (Å²) >= 11 is 0. The van der Waals surface area contributed by atoms with Crippen molar-refractivity contribution in [3.63, 3.8) is 0 Å². The first-order valence-corrected chi connectivity index (χ1v) is 9.00. The third kappa shape index (κ3) is 3.01. The summed E-state index contributed by atoms with van der Waals surface area (Å²) in [5, 5.41) is 2.81. The number of ether oxygens (including phenoxy) is 3. The smallest absolute Gasteiger partial charge is 0.314 e. The van der Waals surface area contributed by atoms with Crippen LogP contribution in [0.1, 0.15) is 35.2 Å². The molecule has 1 amide bonds. The first-order chi connectivity index (χ1) is 13.1. The summed E-state index contributed by atoms with van der Waals surface area (Å²) < 4.78 is 16.7. The van der Waals surface area contributed by atoms with Crippen molar-refractivity contribution in [2.45, 2.75) is 25.8 Å². The van der Waals surface area contributed by atoms with Crippen molar-refractivity contribution >= 4 is 11.9 Å². The maximum absolute atomic E-state index is 12.5. The zero-order valence-corrected chi connectivity index (χ0v) is 15.3. The summed E-state index contributed by atoms with van der Waals surface area (Å²) in [4.78, 5) is 24.3. The number of carbonyl (C=O) groups excluding carboxylic acids is 2. The number of carbonyl (C=O) groups is 2. The highest BCUT2D eigenvalue weighted by atomic mass is 16.6. The van der Waals surface area contributed by atoms with E-state index in [9.17, 15) is 9.59 Å². The normalized spacial score (nSPS) is 15.6. The van der Waals surface area contributed by atoms with E-state index in [1.165, 1.54) is 7.11 Å². The van der Waals surface area contributed by atoms with Crippen LogP contribution in [-0.2, 0) is 11.3 Å². The molecule has 4 rings (SSSR count). The van der Waals surface area contributed by atoms with Crippen LogP contribution in [0.2, 0.25) is 0 Å². The molecule has 2 aromatic carbocycles. The molecule has 0 aromatic heterocycles. The van der Waals surface area contributed by atoms with Gasteiger partial charge in [-0.05, 0) is 48.2 Å². The molecule has 140 valence electrons. The number of methoxy groups -OCH3 is 2. The predicted octanol–water partition coefficient (Wildman–Crippen LogP) is 3.32. The monoisotopic (exact) mass is 367 g/mol. The minimum absolute atomic E-state index is 0.0596. The molecule has 0 bridgehead atoms. The van der Waals surface area contributed by atoms with Crippen LogP contribution in [0.5, 0.6) is 17.2 Å². The molecule has 2 aliphatic rings. The standard InChI is InChI=1S/C21H21NO5/c1-25-17-9-8-15(13-6-7-16-14(10-13)11-22-20(16)23)18(19(17)26-2)27-21(24)12-4-3-5-12/h6-10,12H,3-5,11H2,1-2H3,(H,22,23). The van der Waals surface area contributed by atoms with Crippen LogP contribution in [0.25, 0.3) is 11.1 Å². The molecule has 0 unspecified atom stereocenters. The molecule has 6 heteroatoms. The van der Waals surface area contributed by atoms with E-state index >= 15 is 0 Å². The lowest BCUT2D eigenvalue weighted by Gasteiger charge is -2.24. The van der Waals surface area contributed by atoms with E-state index < -0.39 is 0 Å². The van der Waals surface area contributed by atoms with Gasteiger partial charge in [0.2, 0.25) is 5.75 Å². The molecule has 27 heavy (non-hydrogen) atoms. The van der Waals surface area contributed by atoms with Gasteiger partial charge in [0.15, 0.2) is 11.5 Å². The quantitative estimate of drug-likeness (QED) is 0.648. The van der Waals surface area contributed by atoms with Crippen molar-refractivity contribution in [1.29, 1.82) is 0 Å². The average molecular weight is 367 g/mol.